The number of carbonyl (C=O) groups is 1. The maximum absolute atomic E-state index is 12.2. The monoisotopic (exact) mass is 370 g/mol. The Bertz CT molecular complexity index is 816. The van der Waals surface area contributed by atoms with Crippen molar-refractivity contribution in [2.75, 3.05) is 5.32 Å². The largest absolute Gasteiger partial charge is 0.325 e. The van der Waals surface area contributed by atoms with Gasteiger partial charge in [0.1, 0.15) is 0 Å². The van der Waals surface area contributed by atoms with Gasteiger partial charge in [-0.3, -0.25) is 4.79 Å². The third-order valence-corrected chi connectivity index (χ3v) is 5.03. The van der Waals surface area contributed by atoms with Crippen LogP contribution in [-0.2, 0) is 14.8 Å². The van der Waals surface area contributed by atoms with Gasteiger partial charge < -0.3 is 5.32 Å². The Morgan fingerprint density at radius 3 is 2.42 bits per heavy atom. The van der Waals surface area contributed by atoms with Crippen molar-refractivity contribution in [3.8, 4) is 0 Å². The molecular formula is C13H18N6O3S2. The summed E-state index contributed by atoms with van der Waals surface area (Å²) in [5.74, 6) is -0.248. The summed E-state index contributed by atoms with van der Waals surface area (Å²) in [7, 11) is -3.75. The predicted octanol–water partition coefficient (Wildman–Crippen LogP) is 1.02. The highest BCUT2D eigenvalue weighted by Gasteiger charge is 2.19. The zero-order chi connectivity index (χ0) is 17.9. The lowest BCUT2D eigenvalue weighted by Crippen LogP contribution is -2.23. The number of nitrogens with two attached hydrogens (primary N) is 1. The number of hydrogen-bond donors (Lipinski definition) is 2. The first-order valence-electron chi connectivity index (χ1n) is 7.06. The number of nitrogens with one attached hydrogen (secondary N) is 1. The molecule has 2 rings (SSSR count). The molecule has 1 heterocycles. The maximum Gasteiger partial charge on any atom is 0.238 e. The van der Waals surface area contributed by atoms with Crippen LogP contribution < -0.4 is 10.5 Å². The van der Waals surface area contributed by atoms with Gasteiger partial charge in [-0.15, -0.1) is 5.10 Å². The molecule has 0 aliphatic carbocycles. The highest BCUT2D eigenvalue weighted by Crippen LogP contribution is 2.23. The molecule has 0 aliphatic heterocycles. The van der Waals surface area contributed by atoms with E-state index in [9.17, 15) is 13.2 Å². The van der Waals surface area contributed by atoms with Crippen LogP contribution in [0.2, 0.25) is 0 Å². The zero-order valence-electron chi connectivity index (χ0n) is 13.4. The Morgan fingerprint density at radius 2 is 1.88 bits per heavy atom. The van der Waals surface area contributed by atoms with E-state index < -0.39 is 15.3 Å². The Labute approximate surface area is 144 Å². The van der Waals surface area contributed by atoms with Gasteiger partial charge in [0.25, 0.3) is 0 Å². The first-order chi connectivity index (χ1) is 11.2. The van der Waals surface area contributed by atoms with Crippen LogP contribution in [0.3, 0.4) is 0 Å². The minimum Gasteiger partial charge on any atom is -0.325 e. The second kappa shape index (κ2) is 7.28. The summed E-state index contributed by atoms with van der Waals surface area (Å²) in [5.41, 5.74) is 0.475. The van der Waals surface area contributed by atoms with Gasteiger partial charge in [-0.2, -0.15) is 0 Å². The molecule has 0 fully saturated rings. The highest BCUT2D eigenvalue weighted by atomic mass is 32.2. The lowest BCUT2D eigenvalue weighted by molar-refractivity contribution is -0.115. The second-order valence-electron chi connectivity index (χ2n) is 5.32. The van der Waals surface area contributed by atoms with Gasteiger partial charge in [-0.05, 0) is 55.5 Å². The fourth-order valence-corrected chi connectivity index (χ4v) is 3.21. The average molecular weight is 370 g/mol. The molecule has 11 heteroatoms. The number of nitrogens with zero attached hydrogens (tertiary/aromatic N) is 4. The third-order valence-electron chi connectivity index (χ3n) is 3.05. The molecule has 0 aliphatic rings. The van der Waals surface area contributed by atoms with Crippen molar-refractivity contribution >= 4 is 33.4 Å². The molecule has 0 bridgehead atoms. The summed E-state index contributed by atoms with van der Waals surface area (Å²) in [6.07, 6.45) is 0. The van der Waals surface area contributed by atoms with Crippen molar-refractivity contribution < 1.29 is 13.2 Å². The van der Waals surface area contributed by atoms with Crippen molar-refractivity contribution in [2.45, 2.75) is 42.1 Å². The number of aromatic nitrogens is 4. The number of hydrogen-bond acceptors (Lipinski definition) is 7. The van der Waals surface area contributed by atoms with E-state index in [1.165, 1.54) is 36.0 Å². The topological polar surface area (TPSA) is 133 Å². The minimum absolute atomic E-state index is 0.0148. The summed E-state index contributed by atoms with van der Waals surface area (Å²) < 4.78 is 24.0. The summed E-state index contributed by atoms with van der Waals surface area (Å²) in [5, 5.41) is 19.3. The van der Waals surface area contributed by atoms with Gasteiger partial charge in [-0.25, -0.2) is 18.2 Å². The van der Waals surface area contributed by atoms with E-state index in [0.29, 0.717) is 10.8 Å². The molecule has 1 aromatic heterocycles. The van der Waals surface area contributed by atoms with Crippen molar-refractivity contribution in [1.82, 2.24) is 20.2 Å². The number of benzene rings is 1. The number of sulfonamides is 1. The van der Waals surface area contributed by atoms with Gasteiger partial charge in [0.15, 0.2) is 0 Å². The zero-order valence-corrected chi connectivity index (χ0v) is 15.0. The van der Waals surface area contributed by atoms with Gasteiger partial charge in [0, 0.05) is 5.69 Å². The molecule has 0 saturated heterocycles. The van der Waals surface area contributed by atoms with Crippen LogP contribution in [-0.4, -0.2) is 39.8 Å². The average Bonchev–Trinajstić information content (AvgIpc) is 2.95. The third kappa shape index (κ3) is 4.52. The summed E-state index contributed by atoms with van der Waals surface area (Å²) in [6.45, 7) is 5.62. The van der Waals surface area contributed by atoms with E-state index in [0.717, 1.165) is 0 Å². The number of anilines is 1. The van der Waals surface area contributed by atoms with E-state index in [2.05, 4.69) is 20.8 Å². The summed E-state index contributed by atoms with van der Waals surface area (Å²) in [4.78, 5) is 12.2. The molecule has 130 valence electrons. The highest BCUT2D eigenvalue weighted by molar-refractivity contribution is 8.00. The van der Waals surface area contributed by atoms with Crippen LogP contribution >= 0.6 is 11.8 Å². The molecular weight excluding hydrogens is 352 g/mol. The van der Waals surface area contributed by atoms with Crippen molar-refractivity contribution in [2.24, 2.45) is 5.14 Å². The summed E-state index contributed by atoms with van der Waals surface area (Å²) >= 11 is 1.24. The van der Waals surface area contributed by atoms with Gasteiger partial charge >= 0.3 is 0 Å². The van der Waals surface area contributed by atoms with Crippen LogP contribution in [0.1, 0.15) is 26.8 Å². The maximum atomic E-state index is 12.2. The number of thioether (sulfide) groups is 1. The molecule has 9 nitrogen and oxygen atoms in total. The predicted molar refractivity (Wildman–Crippen MR) is 90.0 cm³/mol. The van der Waals surface area contributed by atoms with Crippen LogP contribution in [0.5, 0.6) is 0 Å². The van der Waals surface area contributed by atoms with Gasteiger partial charge in [0.05, 0.1) is 16.2 Å². The number of carbonyl (C=O) groups excluding carboxylic acids is 1. The lowest BCUT2D eigenvalue weighted by atomic mass is 10.3. The number of rotatable bonds is 6. The van der Waals surface area contributed by atoms with E-state index >= 15 is 0 Å². The molecule has 2 aromatic rings. The van der Waals surface area contributed by atoms with Crippen LogP contribution in [0.15, 0.2) is 34.3 Å². The lowest BCUT2D eigenvalue weighted by Gasteiger charge is -2.13. The fourth-order valence-electron chi connectivity index (χ4n) is 1.77. The first-order valence-corrected chi connectivity index (χ1v) is 9.49. The molecule has 3 N–H and O–H groups in total. The Hall–Kier alpha value is -1.98. The Balaban J connectivity index is 2.02. The molecule has 1 amide bonds. The smallest absolute Gasteiger partial charge is 0.238 e. The SMILES string of the molecule is CC(Sc1nnnn1C(C)C)C(=O)Nc1ccc(S(N)(=O)=O)cc1. The van der Waals surface area contributed by atoms with Crippen LogP contribution in [0, 0.1) is 0 Å². The van der Waals surface area contributed by atoms with Crippen molar-refractivity contribution in [1.29, 1.82) is 0 Å². The molecule has 1 unspecified atom stereocenters. The standard InChI is InChI=1S/C13H18N6O3S2/c1-8(2)19-13(16-17-18-19)23-9(3)12(20)15-10-4-6-11(7-5-10)24(14,21)22/h4-9H,1-3H3,(H,15,20)(H2,14,21,22). The van der Waals surface area contributed by atoms with Crippen molar-refractivity contribution in [3.63, 3.8) is 0 Å². The van der Waals surface area contributed by atoms with Crippen molar-refractivity contribution in [3.05, 3.63) is 24.3 Å². The molecule has 24 heavy (non-hydrogen) atoms. The van der Waals surface area contributed by atoms with Crippen LogP contribution in [0.4, 0.5) is 5.69 Å². The first kappa shape index (κ1) is 18.4. The molecule has 1 atom stereocenters. The second-order valence-corrected chi connectivity index (χ2v) is 8.19. The molecule has 0 spiro atoms. The Morgan fingerprint density at radius 1 is 1.25 bits per heavy atom. The van der Waals surface area contributed by atoms with E-state index in [-0.39, 0.29) is 16.8 Å². The van der Waals surface area contributed by atoms with E-state index in [1.54, 1.807) is 11.6 Å². The molecule has 1 aromatic carbocycles. The van der Waals surface area contributed by atoms with Crippen LogP contribution in [0.25, 0.3) is 0 Å². The fraction of sp³-hybridized carbons (Fsp3) is 0.385. The van der Waals surface area contributed by atoms with E-state index in [1.807, 2.05) is 13.8 Å². The van der Waals surface area contributed by atoms with Gasteiger partial charge in [-0.1, -0.05) is 11.8 Å². The number of amides is 1. The molecule has 0 radical (unpaired) electrons. The normalized spacial score (nSPS) is 13.0. The van der Waals surface area contributed by atoms with E-state index in [4.69, 9.17) is 5.14 Å². The van der Waals surface area contributed by atoms with Gasteiger partial charge in [0.2, 0.25) is 21.1 Å². The number of tetrazole rings is 1. The quantitative estimate of drug-likeness (QED) is 0.725. The summed E-state index contributed by atoms with van der Waals surface area (Å²) in [6, 6.07) is 5.72. The minimum atomic E-state index is -3.75. The molecule has 0 saturated carbocycles. The Kier molecular flexibility index (Phi) is 5.57. The number of primary sulfonamides is 1.